The lowest BCUT2D eigenvalue weighted by molar-refractivity contribution is -0.134. The molecular weight excluding hydrogens is 336 g/mol. The topological polar surface area (TPSA) is 41.4 Å². The summed E-state index contributed by atoms with van der Waals surface area (Å²) in [5.74, 6) is 0.871. The molecule has 0 aliphatic carbocycles. The van der Waals surface area contributed by atoms with E-state index >= 15 is 0 Å². The molecular formula is C22H30N4O. The lowest BCUT2D eigenvalue weighted by Crippen LogP contribution is -2.51. The summed E-state index contributed by atoms with van der Waals surface area (Å²) in [5, 5.41) is 4.19. The molecule has 0 N–H and O–H groups in total. The molecule has 5 heteroatoms. The first-order valence-corrected chi connectivity index (χ1v) is 10.1. The molecule has 4 rings (SSSR count). The maximum atomic E-state index is 12.6. The fourth-order valence-corrected chi connectivity index (χ4v) is 5.01. The van der Waals surface area contributed by atoms with Crippen LogP contribution in [0.2, 0.25) is 0 Å². The molecule has 0 saturated carbocycles. The summed E-state index contributed by atoms with van der Waals surface area (Å²) < 4.78 is 1.84. The number of nitrogens with zero attached hydrogens (tertiary/aromatic N) is 4. The standard InChI is InChI=1S/C22H30N4O/c1-24-17-20(19-6-3-2-4-7-19)16-22(18-24)9-14-25(15-10-22)21(27)8-13-26-12-5-11-23-26/h2-7,11-12,20H,8-10,13-18H2,1H3. The highest BCUT2D eigenvalue weighted by atomic mass is 16.2. The second-order valence-corrected chi connectivity index (χ2v) is 8.41. The summed E-state index contributed by atoms with van der Waals surface area (Å²) in [4.78, 5) is 17.2. The van der Waals surface area contributed by atoms with Crippen LogP contribution in [0, 0.1) is 5.41 Å². The molecule has 2 aromatic rings. The maximum Gasteiger partial charge on any atom is 0.224 e. The van der Waals surface area contributed by atoms with E-state index < -0.39 is 0 Å². The zero-order chi connectivity index (χ0) is 18.7. The van der Waals surface area contributed by atoms with Crippen molar-refractivity contribution in [2.45, 2.75) is 38.1 Å². The first-order valence-electron chi connectivity index (χ1n) is 10.1. The van der Waals surface area contributed by atoms with Gasteiger partial charge in [-0.2, -0.15) is 5.10 Å². The Labute approximate surface area is 162 Å². The number of carbonyl (C=O) groups excluding carboxylic acids is 1. The van der Waals surface area contributed by atoms with Crippen molar-refractivity contribution in [2.75, 3.05) is 33.2 Å². The third kappa shape index (κ3) is 4.24. The number of hydrogen-bond donors (Lipinski definition) is 0. The average Bonchev–Trinajstić information content (AvgIpc) is 3.20. The smallest absolute Gasteiger partial charge is 0.224 e. The lowest BCUT2D eigenvalue weighted by atomic mass is 9.68. The molecule has 0 radical (unpaired) electrons. The molecule has 1 aromatic carbocycles. The molecule has 1 atom stereocenters. The summed E-state index contributed by atoms with van der Waals surface area (Å²) in [5.41, 5.74) is 1.81. The fourth-order valence-electron chi connectivity index (χ4n) is 5.01. The molecule has 3 heterocycles. The van der Waals surface area contributed by atoms with Gasteiger partial charge in [0.2, 0.25) is 5.91 Å². The Balaban J connectivity index is 1.35. The van der Waals surface area contributed by atoms with Crippen molar-refractivity contribution >= 4 is 5.91 Å². The van der Waals surface area contributed by atoms with Gasteiger partial charge < -0.3 is 9.80 Å². The van der Waals surface area contributed by atoms with E-state index in [1.165, 1.54) is 12.0 Å². The van der Waals surface area contributed by atoms with Crippen molar-refractivity contribution in [1.29, 1.82) is 0 Å². The van der Waals surface area contributed by atoms with E-state index in [0.29, 0.717) is 24.3 Å². The minimum absolute atomic E-state index is 0.268. The number of likely N-dealkylation sites (N-methyl/N-ethyl adjacent to an activating group) is 1. The lowest BCUT2D eigenvalue weighted by Gasteiger charge is -2.49. The Kier molecular flexibility index (Phi) is 5.30. The second-order valence-electron chi connectivity index (χ2n) is 8.41. The molecule has 2 aliphatic heterocycles. The third-order valence-electron chi connectivity index (χ3n) is 6.38. The summed E-state index contributed by atoms with van der Waals surface area (Å²) >= 11 is 0. The molecule has 0 bridgehead atoms. The van der Waals surface area contributed by atoms with Crippen molar-refractivity contribution in [2.24, 2.45) is 5.41 Å². The molecule has 27 heavy (non-hydrogen) atoms. The molecule has 1 amide bonds. The van der Waals surface area contributed by atoms with Gasteiger partial charge in [0.15, 0.2) is 0 Å². The highest BCUT2D eigenvalue weighted by Crippen LogP contribution is 2.44. The highest BCUT2D eigenvalue weighted by Gasteiger charge is 2.41. The average molecular weight is 367 g/mol. The largest absolute Gasteiger partial charge is 0.343 e. The van der Waals surface area contributed by atoms with E-state index in [1.807, 2.05) is 16.9 Å². The van der Waals surface area contributed by atoms with Crippen molar-refractivity contribution in [1.82, 2.24) is 19.6 Å². The van der Waals surface area contributed by atoms with Crippen LogP contribution in [-0.2, 0) is 11.3 Å². The number of rotatable bonds is 4. The first-order chi connectivity index (χ1) is 13.1. The van der Waals surface area contributed by atoms with Crippen molar-refractivity contribution < 1.29 is 4.79 Å². The van der Waals surface area contributed by atoms with Crippen LogP contribution in [0.5, 0.6) is 0 Å². The molecule has 1 spiro atoms. The maximum absolute atomic E-state index is 12.6. The van der Waals surface area contributed by atoms with Crippen LogP contribution in [0.25, 0.3) is 0 Å². The van der Waals surface area contributed by atoms with Gasteiger partial charge in [0.05, 0.1) is 0 Å². The number of benzene rings is 1. The van der Waals surface area contributed by atoms with E-state index in [2.05, 4.69) is 52.3 Å². The fraction of sp³-hybridized carbons (Fsp3) is 0.545. The van der Waals surface area contributed by atoms with Crippen LogP contribution < -0.4 is 0 Å². The highest BCUT2D eigenvalue weighted by molar-refractivity contribution is 5.76. The predicted octanol–water partition coefficient (Wildman–Crippen LogP) is 3.00. The minimum atomic E-state index is 0.268. The molecule has 2 aliphatic rings. The normalized spacial score (nSPS) is 22.9. The molecule has 2 saturated heterocycles. The number of amides is 1. The van der Waals surface area contributed by atoms with Crippen LogP contribution in [0.1, 0.15) is 37.2 Å². The Morgan fingerprint density at radius 2 is 1.96 bits per heavy atom. The Morgan fingerprint density at radius 3 is 2.67 bits per heavy atom. The second kappa shape index (κ2) is 7.85. The Morgan fingerprint density at radius 1 is 1.19 bits per heavy atom. The van der Waals surface area contributed by atoms with Gasteiger partial charge in [0, 0.05) is 51.5 Å². The van der Waals surface area contributed by atoms with Gasteiger partial charge in [-0.15, -0.1) is 0 Å². The summed E-state index contributed by atoms with van der Waals surface area (Å²) in [6.07, 6.45) is 7.71. The SMILES string of the molecule is CN1CC(c2ccccc2)CC2(CCN(C(=O)CCn3cccn3)CC2)C1. The van der Waals surface area contributed by atoms with Gasteiger partial charge in [0.1, 0.15) is 0 Å². The van der Waals surface area contributed by atoms with Gasteiger partial charge >= 0.3 is 0 Å². The number of piperidine rings is 2. The van der Waals surface area contributed by atoms with E-state index in [-0.39, 0.29) is 5.91 Å². The summed E-state index contributed by atoms with van der Waals surface area (Å²) in [6.45, 7) is 4.76. The predicted molar refractivity (Wildman–Crippen MR) is 106 cm³/mol. The Hall–Kier alpha value is -2.14. The quantitative estimate of drug-likeness (QED) is 0.835. The number of likely N-dealkylation sites (tertiary alicyclic amines) is 2. The molecule has 144 valence electrons. The number of aryl methyl sites for hydroxylation is 1. The van der Waals surface area contributed by atoms with Crippen LogP contribution in [-0.4, -0.2) is 58.7 Å². The minimum Gasteiger partial charge on any atom is -0.343 e. The van der Waals surface area contributed by atoms with Gasteiger partial charge in [0.25, 0.3) is 0 Å². The van der Waals surface area contributed by atoms with Crippen molar-refractivity contribution in [3.05, 3.63) is 54.4 Å². The molecule has 1 aromatic heterocycles. The van der Waals surface area contributed by atoms with Crippen LogP contribution in [0.4, 0.5) is 0 Å². The van der Waals surface area contributed by atoms with Crippen LogP contribution in [0.15, 0.2) is 48.8 Å². The van der Waals surface area contributed by atoms with E-state index in [9.17, 15) is 4.79 Å². The third-order valence-corrected chi connectivity index (χ3v) is 6.38. The summed E-state index contributed by atoms with van der Waals surface area (Å²) in [7, 11) is 2.25. The Bertz CT molecular complexity index is 735. The van der Waals surface area contributed by atoms with E-state index in [4.69, 9.17) is 0 Å². The summed E-state index contributed by atoms with van der Waals surface area (Å²) in [6, 6.07) is 12.8. The van der Waals surface area contributed by atoms with Gasteiger partial charge in [-0.1, -0.05) is 30.3 Å². The van der Waals surface area contributed by atoms with E-state index in [0.717, 1.165) is 39.0 Å². The number of aromatic nitrogens is 2. The molecule has 1 unspecified atom stereocenters. The van der Waals surface area contributed by atoms with Gasteiger partial charge in [-0.3, -0.25) is 9.48 Å². The van der Waals surface area contributed by atoms with Crippen LogP contribution in [0.3, 0.4) is 0 Å². The van der Waals surface area contributed by atoms with Gasteiger partial charge in [-0.25, -0.2) is 0 Å². The monoisotopic (exact) mass is 366 g/mol. The number of hydrogen-bond acceptors (Lipinski definition) is 3. The molecule has 2 fully saturated rings. The van der Waals surface area contributed by atoms with Crippen molar-refractivity contribution in [3.8, 4) is 0 Å². The number of carbonyl (C=O) groups is 1. The zero-order valence-corrected chi connectivity index (χ0v) is 16.3. The van der Waals surface area contributed by atoms with Crippen molar-refractivity contribution in [3.63, 3.8) is 0 Å². The van der Waals surface area contributed by atoms with Crippen LogP contribution >= 0.6 is 0 Å². The van der Waals surface area contributed by atoms with E-state index in [1.54, 1.807) is 6.20 Å². The first kappa shape index (κ1) is 18.2. The molecule has 5 nitrogen and oxygen atoms in total. The van der Waals surface area contributed by atoms with Gasteiger partial charge in [-0.05, 0) is 49.3 Å². The zero-order valence-electron chi connectivity index (χ0n) is 16.3.